The van der Waals surface area contributed by atoms with Crippen LogP contribution in [0.3, 0.4) is 0 Å². The highest BCUT2D eigenvalue weighted by Crippen LogP contribution is 2.28. The van der Waals surface area contributed by atoms with Crippen LogP contribution in [-0.2, 0) is 0 Å². The Bertz CT molecular complexity index is 526. The van der Waals surface area contributed by atoms with E-state index in [1.54, 1.807) is 6.92 Å². The second-order valence-electron chi connectivity index (χ2n) is 3.43. The maximum atomic E-state index is 11.1. The predicted molar refractivity (Wildman–Crippen MR) is 63.5 cm³/mol. The molecule has 4 heteroatoms. The molecule has 0 amide bonds. The van der Waals surface area contributed by atoms with Gasteiger partial charge in [-0.15, -0.1) is 0 Å². The molecule has 16 heavy (non-hydrogen) atoms. The number of benzene rings is 1. The van der Waals surface area contributed by atoms with Crippen LogP contribution in [0.1, 0.15) is 15.9 Å². The van der Waals surface area contributed by atoms with E-state index < -0.39 is 5.97 Å². The van der Waals surface area contributed by atoms with E-state index in [1.807, 2.05) is 24.3 Å². The number of carbonyl (C=O) groups is 1. The normalized spacial score (nSPS) is 10.4. The van der Waals surface area contributed by atoms with Crippen LogP contribution in [0.15, 0.2) is 39.4 Å². The van der Waals surface area contributed by atoms with E-state index in [2.05, 4.69) is 15.9 Å². The fourth-order valence-corrected chi connectivity index (χ4v) is 1.79. The number of aryl methyl sites for hydroxylation is 1. The number of hydrogen-bond donors (Lipinski definition) is 1. The van der Waals surface area contributed by atoms with Gasteiger partial charge in [-0.25, -0.2) is 4.79 Å². The number of halogens is 1. The van der Waals surface area contributed by atoms with Crippen molar-refractivity contribution in [2.24, 2.45) is 0 Å². The fraction of sp³-hybridized carbons (Fsp3) is 0.0833. The van der Waals surface area contributed by atoms with Crippen molar-refractivity contribution in [3.05, 3.63) is 46.1 Å². The number of carboxylic acid groups (broad SMARTS) is 1. The molecule has 0 unspecified atom stereocenters. The first-order chi connectivity index (χ1) is 7.59. The van der Waals surface area contributed by atoms with E-state index in [0.29, 0.717) is 11.3 Å². The van der Waals surface area contributed by atoms with Crippen LogP contribution < -0.4 is 0 Å². The maximum Gasteiger partial charge on any atom is 0.339 e. The summed E-state index contributed by atoms with van der Waals surface area (Å²) in [7, 11) is 0. The van der Waals surface area contributed by atoms with Gasteiger partial charge in [0.2, 0.25) is 0 Å². The van der Waals surface area contributed by atoms with E-state index in [-0.39, 0.29) is 5.56 Å². The summed E-state index contributed by atoms with van der Waals surface area (Å²) in [6.07, 6.45) is 1.46. The summed E-state index contributed by atoms with van der Waals surface area (Å²) in [6, 6.07) is 7.32. The van der Waals surface area contributed by atoms with E-state index in [4.69, 9.17) is 9.52 Å². The number of hydrogen-bond acceptors (Lipinski definition) is 2. The van der Waals surface area contributed by atoms with Gasteiger partial charge in [0.1, 0.15) is 11.3 Å². The van der Waals surface area contributed by atoms with Gasteiger partial charge in [-0.1, -0.05) is 28.1 Å². The summed E-state index contributed by atoms with van der Waals surface area (Å²) in [4.78, 5) is 11.1. The Hall–Kier alpha value is -1.55. The zero-order valence-electron chi connectivity index (χ0n) is 8.53. The average Bonchev–Trinajstić information content (AvgIpc) is 2.61. The zero-order chi connectivity index (χ0) is 11.7. The van der Waals surface area contributed by atoms with Crippen LogP contribution in [0.25, 0.3) is 11.3 Å². The van der Waals surface area contributed by atoms with Crippen LogP contribution in [0, 0.1) is 6.92 Å². The van der Waals surface area contributed by atoms with Crippen LogP contribution in [0.5, 0.6) is 0 Å². The number of rotatable bonds is 2. The van der Waals surface area contributed by atoms with Crippen LogP contribution in [-0.4, -0.2) is 11.1 Å². The van der Waals surface area contributed by atoms with Crippen LogP contribution in [0.4, 0.5) is 0 Å². The van der Waals surface area contributed by atoms with E-state index in [1.165, 1.54) is 6.26 Å². The topological polar surface area (TPSA) is 50.4 Å². The molecule has 0 radical (unpaired) electrons. The first-order valence-electron chi connectivity index (χ1n) is 4.67. The van der Waals surface area contributed by atoms with Gasteiger partial charge < -0.3 is 9.52 Å². The molecule has 2 aromatic rings. The summed E-state index contributed by atoms with van der Waals surface area (Å²) in [6.45, 7) is 1.72. The summed E-state index contributed by atoms with van der Waals surface area (Å²) in [5.41, 5.74) is 1.61. The van der Waals surface area contributed by atoms with Gasteiger partial charge in [0.25, 0.3) is 0 Å². The van der Waals surface area contributed by atoms with Crippen molar-refractivity contribution in [1.82, 2.24) is 0 Å². The Morgan fingerprint density at radius 1 is 1.31 bits per heavy atom. The van der Waals surface area contributed by atoms with Crippen molar-refractivity contribution in [2.45, 2.75) is 6.92 Å². The molecule has 1 N–H and O–H groups in total. The summed E-state index contributed by atoms with van der Waals surface area (Å²) < 4.78 is 6.23. The number of aromatic carboxylic acids is 1. The van der Waals surface area contributed by atoms with E-state index in [9.17, 15) is 4.79 Å². The molecule has 0 bridgehead atoms. The van der Waals surface area contributed by atoms with E-state index in [0.717, 1.165) is 10.0 Å². The van der Waals surface area contributed by atoms with E-state index >= 15 is 0 Å². The third kappa shape index (κ3) is 1.88. The van der Waals surface area contributed by atoms with Gasteiger partial charge >= 0.3 is 5.97 Å². The van der Waals surface area contributed by atoms with Gasteiger partial charge in [0.15, 0.2) is 0 Å². The molecule has 0 atom stereocenters. The summed E-state index contributed by atoms with van der Waals surface area (Å²) in [5, 5.41) is 9.08. The molecule has 0 aliphatic heterocycles. The minimum Gasteiger partial charge on any atom is -0.478 e. The van der Waals surface area contributed by atoms with Gasteiger partial charge in [-0.3, -0.25) is 0 Å². The Morgan fingerprint density at radius 2 is 1.94 bits per heavy atom. The highest BCUT2D eigenvalue weighted by Gasteiger charge is 2.18. The van der Waals surface area contributed by atoms with Gasteiger partial charge in [0, 0.05) is 15.6 Å². The molecule has 0 aliphatic carbocycles. The lowest BCUT2D eigenvalue weighted by Crippen LogP contribution is -1.98. The minimum absolute atomic E-state index is 0.224. The Kier molecular flexibility index (Phi) is 2.83. The van der Waals surface area contributed by atoms with Gasteiger partial charge in [-0.2, -0.15) is 0 Å². The van der Waals surface area contributed by atoms with Crippen molar-refractivity contribution in [2.75, 3.05) is 0 Å². The van der Waals surface area contributed by atoms with Crippen molar-refractivity contribution in [3.8, 4) is 11.3 Å². The highest BCUT2D eigenvalue weighted by atomic mass is 79.9. The molecular weight excluding hydrogens is 272 g/mol. The lowest BCUT2D eigenvalue weighted by atomic mass is 10.1. The molecule has 2 rings (SSSR count). The second kappa shape index (κ2) is 4.14. The van der Waals surface area contributed by atoms with Crippen LogP contribution >= 0.6 is 15.9 Å². The smallest absolute Gasteiger partial charge is 0.339 e. The average molecular weight is 281 g/mol. The molecule has 0 aliphatic rings. The van der Waals surface area contributed by atoms with Crippen molar-refractivity contribution in [1.29, 1.82) is 0 Å². The fourth-order valence-electron chi connectivity index (χ4n) is 1.52. The molecule has 1 heterocycles. The molecular formula is C12H9BrO3. The largest absolute Gasteiger partial charge is 0.478 e. The SMILES string of the molecule is Cc1coc(-c2ccc(Br)cc2)c1C(=O)O. The van der Waals surface area contributed by atoms with Crippen molar-refractivity contribution >= 4 is 21.9 Å². The monoisotopic (exact) mass is 280 g/mol. The van der Waals surface area contributed by atoms with Crippen molar-refractivity contribution < 1.29 is 14.3 Å². The highest BCUT2D eigenvalue weighted by molar-refractivity contribution is 9.10. The number of carboxylic acids is 1. The minimum atomic E-state index is -0.968. The lowest BCUT2D eigenvalue weighted by molar-refractivity contribution is 0.0696. The van der Waals surface area contributed by atoms with Crippen molar-refractivity contribution in [3.63, 3.8) is 0 Å². The third-order valence-electron chi connectivity index (χ3n) is 2.30. The molecule has 82 valence electrons. The molecule has 0 spiro atoms. The molecule has 0 saturated heterocycles. The number of furan rings is 1. The first-order valence-corrected chi connectivity index (χ1v) is 5.46. The van der Waals surface area contributed by atoms with Gasteiger partial charge in [0.05, 0.1) is 6.26 Å². The maximum absolute atomic E-state index is 11.1. The van der Waals surface area contributed by atoms with Crippen LogP contribution in [0.2, 0.25) is 0 Å². The molecule has 0 fully saturated rings. The Morgan fingerprint density at radius 3 is 2.50 bits per heavy atom. The predicted octanol–water partition coefficient (Wildman–Crippen LogP) is 3.72. The third-order valence-corrected chi connectivity index (χ3v) is 2.82. The molecule has 1 aromatic heterocycles. The Labute approximate surface area is 101 Å². The zero-order valence-corrected chi connectivity index (χ0v) is 10.1. The standard InChI is InChI=1S/C12H9BrO3/c1-7-6-16-11(10(7)12(14)15)8-2-4-9(13)5-3-8/h2-6H,1H3,(H,14,15). The molecule has 0 saturated carbocycles. The summed E-state index contributed by atoms with van der Waals surface area (Å²) >= 11 is 3.32. The molecule has 3 nitrogen and oxygen atoms in total. The summed E-state index contributed by atoms with van der Waals surface area (Å²) in [5.74, 6) is -0.568. The quantitative estimate of drug-likeness (QED) is 0.912. The second-order valence-corrected chi connectivity index (χ2v) is 4.35. The first kappa shape index (κ1) is 11.0. The molecule has 1 aromatic carbocycles. The van der Waals surface area contributed by atoms with Gasteiger partial charge in [-0.05, 0) is 19.1 Å². The Balaban J connectivity index is 2.56. The lowest BCUT2D eigenvalue weighted by Gasteiger charge is -2.00.